The van der Waals surface area contributed by atoms with E-state index in [-0.39, 0.29) is 5.91 Å². The highest BCUT2D eigenvalue weighted by atomic mass is 16.5. The molecule has 23 heavy (non-hydrogen) atoms. The van der Waals surface area contributed by atoms with Gasteiger partial charge in [0.1, 0.15) is 11.5 Å². The Labute approximate surface area is 132 Å². The first-order valence-corrected chi connectivity index (χ1v) is 6.49. The van der Waals surface area contributed by atoms with Crippen molar-refractivity contribution in [1.29, 1.82) is 10.8 Å². The number of nitrogens with one attached hydrogen (secondary N) is 3. The second-order valence-corrected chi connectivity index (χ2v) is 4.44. The minimum atomic E-state index is -0.421. The van der Waals surface area contributed by atoms with Crippen molar-refractivity contribution in [3.63, 3.8) is 0 Å². The molecule has 0 unspecified atom stereocenters. The van der Waals surface area contributed by atoms with Crippen LogP contribution in [-0.4, -0.2) is 18.0 Å². The summed E-state index contributed by atoms with van der Waals surface area (Å²) < 4.78 is 9.81. The Bertz CT molecular complexity index is 726. The Morgan fingerprint density at radius 2 is 1.26 bits per heavy atom. The number of amides is 1. The van der Waals surface area contributed by atoms with Gasteiger partial charge in [0.2, 0.25) is 0 Å². The monoisotopic (exact) mass is 313 g/mol. The smallest absolute Gasteiger partial charge is 0.284 e. The number of nitrogens with two attached hydrogens (primary N) is 2. The third kappa shape index (κ3) is 4.74. The number of anilines is 1. The highest BCUT2D eigenvalue weighted by Crippen LogP contribution is 2.17. The van der Waals surface area contributed by atoms with Crippen molar-refractivity contribution in [3.05, 3.63) is 54.1 Å². The van der Waals surface area contributed by atoms with Gasteiger partial charge in [0, 0.05) is 11.3 Å². The molecule has 0 heterocycles. The van der Waals surface area contributed by atoms with Crippen molar-refractivity contribution in [2.45, 2.75) is 0 Å². The van der Waals surface area contributed by atoms with Gasteiger partial charge in [0.25, 0.3) is 18.0 Å². The molecule has 1 amide bonds. The van der Waals surface area contributed by atoms with E-state index in [1.165, 1.54) is 0 Å². The predicted octanol–water partition coefficient (Wildman–Crippen LogP) is 1.48. The van der Waals surface area contributed by atoms with Crippen molar-refractivity contribution < 1.29 is 14.3 Å². The minimum absolute atomic E-state index is 0.306. The van der Waals surface area contributed by atoms with Crippen LogP contribution >= 0.6 is 0 Å². The van der Waals surface area contributed by atoms with E-state index in [2.05, 4.69) is 5.32 Å². The van der Waals surface area contributed by atoms with Gasteiger partial charge in [-0.2, -0.15) is 0 Å². The molecular formula is C15H15N5O3. The van der Waals surface area contributed by atoms with Crippen LogP contribution in [0.5, 0.6) is 11.5 Å². The molecule has 0 radical (unpaired) electrons. The Balaban J connectivity index is 2.01. The van der Waals surface area contributed by atoms with E-state index >= 15 is 0 Å². The molecule has 2 aromatic rings. The van der Waals surface area contributed by atoms with E-state index in [0.717, 1.165) is 0 Å². The van der Waals surface area contributed by atoms with Gasteiger partial charge >= 0.3 is 0 Å². The largest absolute Gasteiger partial charge is 0.426 e. The highest BCUT2D eigenvalue weighted by Gasteiger charge is 2.07. The average molecular weight is 313 g/mol. The predicted molar refractivity (Wildman–Crippen MR) is 85.9 cm³/mol. The number of benzene rings is 2. The highest BCUT2D eigenvalue weighted by molar-refractivity contribution is 6.04. The summed E-state index contributed by atoms with van der Waals surface area (Å²) >= 11 is 0. The summed E-state index contributed by atoms with van der Waals surface area (Å²) in [6.07, 6.45) is 0. The molecule has 0 bridgehead atoms. The van der Waals surface area contributed by atoms with Crippen molar-refractivity contribution >= 4 is 23.6 Å². The fourth-order valence-corrected chi connectivity index (χ4v) is 1.74. The van der Waals surface area contributed by atoms with Crippen LogP contribution in [0.3, 0.4) is 0 Å². The number of carbonyl (C=O) groups is 1. The minimum Gasteiger partial charge on any atom is -0.426 e. The van der Waals surface area contributed by atoms with Crippen LogP contribution in [0.15, 0.2) is 48.5 Å². The van der Waals surface area contributed by atoms with Gasteiger partial charge in [0.15, 0.2) is 0 Å². The maximum absolute atomic E-state index is 12.1. The zero-order valence-electron chi connectivity index (χ0n) is 12.0. The molecule has 0 saturated heterocycles. The SMILES string of the molecule is N=C(N)Oc1ccc(NC(=O)c2ccc(OC(=N)N)cc2)cc1. The van der Waals surface area contributed by atoms with Gasteiger partial charge in [-0.05, 0) is 48.5 Å². The Morgan fingerprint density at radius 1 is 0.826 bits per heavy atom. The van der Waals surface area contributed by atoms with Crippen LogP contribution in [0.1, 0.15) is 10.4 Å². The number of ether oxygens (including phenoxy) is 2. The van der Waals surface area contributed by atoms with Crippen LogP contribution in [0.25, 0.3) is 0 Å². The number of rotatable bonds is 4. The molecule has 0 fully saturated rings. The van der Waals surface area contributed by atoms with Crippen molar-refractivity contribution in [2.24, 2.45) is 11.5 Å². The fourth-order valence-electron chi connectivity index (χ4n) is 1.74. The van der Waals surface area contributed by atoms with Crippen LogP contribution < -0.4 is 26.3 Å². The molecule has 8 heteroatoms. The summed E-state index contributed by atoms with van der Waals surface area (Å²) in [5.74, 6) is 0.473. The lowest BCUT2D eigenvalue weighted by Crippen LogP contribution is -2.18. The quantitative estimate of drug-likeness (QED) is 0.428. The first-order valence-electron chi connectivity index (χ1n) is 6.49. The molecule has 0 aromatic heterocycles. The van der Waals surface area contributed by atoms with Crippen molar-refractivity contribution in [3.8, 4) is 11.5 Å². The average Bonchev–Trinajstić information content (AvgIpc) is 2.49. The van der Waals surface area contributed by atoms with Crippen LogP contribution in [0.2, 0.25) is 0 Å². The molecule has 0 atom stereocenters. The molecule has 0 spiro atoms. The first-order chi connectivity index (χ1) is 10.9. The Kier molecular flexibility index (Phi) is 4.78. The zero-order chi connectivity index (χ0) is 16.8. The van der Waals surface area contributed by atoms with E-state index in [0.29, 0.717) is 22.7 Å². The van der Waals surface area contributed by atoms with Crippen LogP contribution in [-0.2, 0) is 0 Å². The third-order valence-corrected chi connectivity index (χ3v) is 2.68. The van der Waals surface area contributed by atoms with Gasteiger partial charge in [-0.3, -0.25) is 15.6 Å². The zero-order valence-corrected chi connectivity index (χ0v) is 12.0. The second kappa shape index (κ2) is 6.94. The molecule has 8 nitrogen and oxygen atoms in total. The summed E-state index contributed by atoms with van der Waals surface area (Å²) in [4.78, 5) is 12.1. The molecule has 0 aliphatic carbocycles. The van der Waals surface area contributed by atoms with Gasteiger partial charge < -0.3 is 26.3 Å². The van der Waals surface area contributed by atoms with Crippen molar-refractivity contribution in [2.75, 3.05) is 5.32 Å². The molecule has 7 N–H and O–H groups in total. The number of hydrogen-bond acceptors (Lipinski definition) is 5. The Hall–Kier alpha value is -3.55. The molecular weight excluding hydrogens is 298 g/mol. The Morgan fingerprint density at radius 3 is 1.70 bits per heavy atom. The summed E-state index contributed by atoms with van der Waals surface area (Å²) in [7, 11) is 0. The lowest BCUT2D eigenvalue weighted by Gasteiger charge is -2.08. The standard InChI is InChI=1S/C15H15N5O3/c16-14(17)22-11-5-1-9(2-6-11)13(21)20-10-3-7-12(8-4-10)23-15(18)19/h1-8H,(H3,16,17)(H3,18,19)(H,20,21). The van der Waals surface area contributed by atoms with E-state index in [9.17, 15) is 4.79 Å². The van der Waals surface area contributed by atoms with Crippen LogP contribution in [0.4, 0.5) is 5.69 Å². The summed E-state index contributed by atoms with van der Waals surface area (Å²) in [6, 6.07) is 11.8. The third-order valence-electron chi connectivity index (χ3n) is 2.68. The van der Waals surface area contributed by atoms with Gasteiger partial charge in [0.05, 0.1) is 0 Å². The lowest BCUT2D eigenvalue weighted by atomic mass is 10.2. The second-order valence-electron chi connectivity index (χ2n) is 4.44. The molecule has 0 aliphatic rings. The van der Waals surface area contributed by atoms with E-state index in [1.807, 2.05) is 0 Å². The maximum Gasteiger partial charge on any atom is 0.284 e. The number of amidine groups is 2. The van der Waals surface area contributed by atoms with E-state index < -0.39 is 12.0 Å². The summed E-state index contributed by atoms with van der Waals surface area (Å²) in [6.45, 7) is 0. The van der Waals surface area contributed by atoms with Gasteiger partial charge in [-0.1, -0.05) is 0 Å². The molecule has 2 rings (SSSR count). The topological polar surface area (TPSA) is 147 Å². The molecule has 118 valence electrons. The number of carbonyl (C=O) groups excluding carboxylic acids is 1. The summed E-state index contributed by atoms with van der Waals surface area (Å²) in [5.41, 5.74) is 11.2. The number of hydrogen-bond donors (Lipinski definition) is 5. The van der Waals surface area contributed by atoms with Crippen molar-refractivity contribution in [1.82, 2.24) is 0 Å². The van der Waals surface area contributed by atoms with Gasteiger partial charge in [-0.25, -0.2) is 0 Å². The fraction of sp³-hybridized carbons (Fsp3) is 0. The molecule has 0 saturated carbocycles. The van der Waals surface area contributed by atoms with Gasteiger partial charge in [-0.15, -0.1) is 0 Å². The first kappa shape index (κ1) is 15.8. The molecule has 0 aliphatic heterocycles. The van der Waals surface area contributed by atoms with Crippen LogP contribution in [0, 0.1) is 10.8 Å². The van der Waals surface area contributed by atoms with E-state index in [1.54, 1.807) is 48.5 Å². The lowest BCUT2D eigenvalue weighted by molar-refractivity contribution is 0.102. The molecule has 2 aromatic carbocycles. The normalized spacial score (nSPS) is 9.74. The summed E-state index contributed by atoms with van der Waals surface area (Å²) in [5, 5.41) is 16.8. The maximum atomic E-state index is 12.1. The van der Waals surface area contributed by atoms with E-state index in [4.69, 9.17) is 31.8 Å².